The molecule has 6 nitrogen and oxygen atoms in total. The topological polar surface area (TPSA) is 84.9 Å². The first-order valence-corrected chi connectivity index (χ1v) is 6.39. The van der Waals surface area contributed by atoms with Gasteiger partial charge in [0.1, 0.15) is 0 Å². The minimum absolute atomic E-state index is 0.216. The lowest BCUT2D eigenvalue weighted by atomic mass is 9.82. The lowest BCUT2D eigenvalue weighted by molar-refractivity contribution is -0.147. The van der Waals surface area contributed by atoms with Crippen LogP contribution in [0.5, 0.6) is 0 Å². The monoisotopic (exact) mass is 271 g/mol. The molecule has 0 radical (unpaired) electrons. The zero-order valence-corrected chi connectivity index (χ0v) is 11.1. The van der Waals surface area contributed by atoms with Crippen molar-refractivity contribution in [2.45, 2.75) is 12.8 Å². The Morgan fingerprint density at radius 3 is 2.53 bits per heavy atom. The molecule has 1 rings (SSSR count). The first kappa shape index (κ1) is 15.7. The maximum absolute atomic E-state index is 11.9. The van der Waals surface area contributed by atoms with Crippen LogP contribution in [0.25, 0.3) is 0 Å². The van der Waals surface area contributed by atoms with E-state index in [0.717, 1.165) is 0 Å². The Morgan fingerprint density at radius 2 is 1.89 bits per heavy atom. The summed E-state index contributed by atoms with van der Waals surface area (Å²) in [6, 6.07) is 0. The number of amides is 1. The molecular weight excluding hydrogens is 250 g/mol. The van der Waals surface area contributed by atoms with Gasteiger partial charge in [-0.1, -0.05) is 12.2 Å². The SMILES string of the molecule is COCCOCCNC(=O)[C@@H]1CC=CC[C@@H]1C(=O)O. The zero-order chi connectivity index (χ0) is 14.1. The van der Waals surface area contributed by atoms with E-state index in [-0.39, 0.29) is 5.91 Å². The summed E-state index contributed by atoms with van der Waals surface area (Å²) in [5.41, 5.74) is 0. The number of methoxy groups -OCH3 is 1. The van der Waals surface area contributed by atoms with Crippen LogP contribution in [0.4, 0.5) is 0 Å². The lowest BCUT2D eigenvalue weighted by Crippen LogP contribution is -2.40. The highest BCUT2D eigenvalue weighted by Gasteiger charge is 2.33. The second-order valence-corrected chi connectivity index (χ2v) is 4.39. The van der Waals surface area contributed by atoms with E-state index >= 15 is 0 Å². The molecule has 0 fully saturated rings. The van der Waals surface area contributed by atoms with Crippen LogP contribution in [-0.4, -0.2) is 50.5 Å². The highest BCUT2D eigenvalue weighted by atomic mass is 16.5. The standard InChI is InChI=1S/C13H21NO5/c1-18-8-9-19-7-6-14-12(15)10-4-2-3-5-11(10)13(16)17/h2-3,10-11H,4-9H2,1H3,(H,14,15)(H,16,17)/t10-,11+/m1/s1. The van der Waals surface area contributed by atoms with Gasteiger partial charge in [0.05, 0.1) is 31.7 Å². The van der Waals surface area contributed by atoms with Crippen molar-refractivity contribution in [2.24, 2.45) is 11.8 Å². The second kappa shape index (κ2) is 8.66. The molecule has 0 saturated heterocycles. The number of ether oxygens (including phenoxy) is 2. The maximum atomic E-state index is 11.9. The Labute approximate surface area is 112 Å². The molecule has 1 amide bonds. The molecule has 0 unspecified atom stereocenters. The summed E-state index contributed by atoms with van der Waals surface area (Å²) in [4.78, 5) is 23.0. The highest BCUT2D eigenvalue weighted by molar-refractivity contribution is 5.85. The minimum Gasteiger partial charge on any atom is -0.481 e. The number of nitrogens with one attached hydrogen (secondary N) is 1. The number of allylic oxidation sites excluding steroid dienone is 2. The second-order valence-electron chi connectivity index (χ2n) is 4.39. The number of carboxylic acids is 1. The predicted octanol–water partition coefficient (Wildman–Crippen LogP) is 0.433. The summed E-state index contributed by atoms with van der Waals surface area (Å²) in [7, 11) is 1.59. The maximum Gasteiger partial charge on any atom is 0.307 e. The van der Waals surface area contributed by atoms with Gasteiger partial charge in [0.2, 0.25) is 5.91 Å². The minimum atomic E-state index is -0.916. The number of hydrogen-bond donors (Lipinski definition) is 2. The summed E-state index contributed by atoms with van der Waals surface area (Å²) < 4.78 is 10.0. The fourth-order valence-electron chi connectivity index (χ4n) is 2.00. The fraction of sp³-hybridized carbons (Fsp3) is 0.692. The number of rotatable bonds is 8. The zero-order valence-electron chi connectivity index (χ0n) is 11.1. The summed E-state index contributed by atoms with van der Waals surface area (Å²) in [6.07, 6.45) is 4.57. The van der Waals surface area contributed by atoms with E-state index < -0.39 is 17.8 Å². The van der Waals surface area contributed by atoms with Gasteiger partial charge in [-0.05, 0) is 12.8 Å². The molecule has 0 aliphatic heterocycles. The number of carbonyl (C=O) groups excluding carboxylic acids is 1. The van der Waals surface area contributed by atoms with Crippen LogP contribution >= 0.6 is 0 Å². The van der Waals surface area contributed by atoms with Gasteiger partial charge in [0, 0.05) is 13.7 Å². The molecule has 0 aromatic rings. The third kappa shape index (κ3) is 5.40. The number of aliphatic carboxylic acids is 1. The molecule has 0 bridgehead atoms. The van der Waals surface area contributed by atoms with Gasteiger partial charge < -0.3 is 19.9 Å². The van der Waals surface area contributed by atoms with Gasteiger partial charge in [0.15, 0.2) is 0 Å². The van der Waals surface area contributed by atoms with Crippen LogP contribution in [-0.2, 0) is 19.1 Å². The van der Waals surface area contributed by atoms with E-state index in [1.54, 1.807) is 7.11 Å². The molecule has 0 heterocycles. The molecule has 19 heavy (non-hydrogen) atoms. The predicted molar refractivity (Wildman–Crippen MR) is 68.7 cm³/mol. The fourth-order valence-corrected chi connectivity index (χ4v) is 2.00. The van der Waals surface area contributed by atoms with E-state index in [1.807, 2.05) is 12.2 Å². The highest BCUT2D eigenvalue weighted by Crippen LogP contribution is 2.25. The molecule has 2 atom stereocenters. The Balaban J connectivity index is 2.27. The first-order valence-electron chi connectivity index (χ1n) is 6.39. The van der Waals surface area contributed by atoms with E-state index in [2.05, 4.69) is 5.32 Å². The van der Waals surface area contributed by atoms with Crippen molar-refractivity contribution in [3.63, 3.8) is 0 Å². The molecule has 0 aromatic carbocycles. The van der Waals surface area contributed by atoms with E-state index in [1.165, 1.54) is 0 Å². The molecule has 0 aromatic heterocycles. The van der Waals surface area contributed by atoms with Crippen LogP contribution in [0.1, 0.15) is 12.8 Å². The molecule has 0 saturated carbocycles. The van der Waals surface area contributed by atoms with Crippen molar-refractivity contribution in [3.8, 4) is 0 Å². The van der Waals surface area contributed by atoms with Crippen molar-refractivity contribution >= 4 is 11.9 Å². The number of hydrogen-bond acceptors (Lipinski definition) is 4. The lowest BCUT2D eigenvalue weighted by Gasteiger charge is -2.24. The molecule has 6 heteroatoms. The van der Waals surface area contributed by atoms with Crippen molar-refractivity contribution in [3.05, 3.63) is 12.2 Å². The van der Waals surface area contributed by atoms with Crippen LogP contribution in [0, 0.1) is 11.8 Å². The third-order valence-corrected chi connectivity index (χ3v) is 3.06. The van der Waals surface area contributed by atoms with Crippen LogP contribution in [0.3, 0.4) is 0 Å². The van der Waals surface area contributed by atoms with E-state index in [4.69, 9.17) is 14.6 Å². The van der Waals surface area contributed by atoms with Crippen molar-refractivity contribution < 1.29 is 24.2 Å². The number of carbonyl (C=O) groups is 2. The first-order chi connectivity index (χ1) is 9.16. The van der Waals surface area contributed by atoms with Gasteiger partial charge in [0.25, 0.3) is 0 Å². The Morgan fingerprint density at radius 1 is 1.21 bits per heavy atom. The van der Waals surface area contributed by atoms with Crippen LogP contribution < -0.4 is 5.32 Å². The Bertz CT molecular complexity index is 329. The molecule has 108 valence electrons. The molecule has 2 N–H and O–H groups in total. The summed E-state index contributed by atoms with van der Waals surface area (Å²) in [6.45, 7) is 1.78. The quantitative estimate of drug-likeness (QED) is 0.494. The van der Waals surface area contributed by atoms with Gasteiger partial charge in [-0.15, -0.1) is 0 Å². The van der Waals surface area contributed by atoms with Gasteiger partial charge in [-0.2, -0.15) is 0 Å². The molecule has 1 aliphatic carbocycles. The van der Waals surface area contributed by atoms with Gasteiger partial charge in [-0.3, -0.25) is 9.59 Å². The molecule has 0 spiro atoms. The smallest absolute Gasteiger partial charge is 0.307 e. The Kier molecular flexibility index (Phi) is 7.14. The van der Waals surface area contributed by atoms with Crippen LogP contribution in [0.15, 0.2) is 12.2 Å². The third-order valence-electron chi connectivity index (χ3n) is 3.06. The van der Waals surface area contributed by atoms with E-state index in [9.17, 15) is 9.59 Å². The van der Waals surface area contributed by atoms with E-state index in [0.29, 0.717) is 39.2 Å². The average Bonchev–Trinajstić information content (AvgIpc) is 2.42. The Hall–Kier alpha value is -1.40. The van der Waals surface area contributed by atoms with Crippen molar-refractivity contribution in [1.29, 1.82) is 0 Å². The largest absolute Gasteiger partial charge is 0.481 e. The van der Waals surface area contributed by atoms with Gasteiger partial charge in [-0.25, -0.2) is 0 Å². The number of carboxylic acid groups (broad SMARTS) is 1. The van der Waals surface area contributed by atoms with Gasteiger partial charge >= 0.3 is 5.97 Å². The van der Waals surface area contributed by atoms with Crippen molar-refractivity contribution in [2.75, 3.05) is 33.5 Å². The molecular formula is C13H21NO5. The average molecular weight is 271 g/mol. The van der Waals surface area contributed by atoms with Crippen molar-refractivity contribution in [1.82, 2.24) is 5.32 Å². The summed E-state index contributed by atoms with van der Waals surface area (Å²) in [5.74, 6) is -2.24. The normalized spacial score (nSPS) is 22.2. The van der Waals surface area contributed by atoms with Crippen LogP contribution in [0.2, 0.25) is 0 Å². The molecule has 1 aliphatic rings. The summed E-state index contributed by atoms with van der Waals surface area (Å²) in [5, 5.41) is 11.8. The summed E-state index contributed by atoms with van der Waals surface area (Å²) >= 11 is 0.